The normalized spacial score (nSPS) is 24.1. The minimum atomic E-state index is 0.554. The van der Waals surface area contributed by atoms with Gasteiger partial charge in [-0.3, -0.25) is 9.58 Å². The molecule has 1 fully saturated rings. The van der Waals surface area contributed by atoms with Crippen molar-refractivity contribution in [3.05, 3.63) is 36.7 Å². The first-order valence-electron chi connectivity index (χ1n) is 8.18. The molecule has 1 saturated heterocycles. The highest BCUT2D eigenvalue weighted by Crippen LogP contribution is 2.23. The van der Waals surface area contributed by atoms with Gasteiger partial charge in [-0.2, -0.15) is 5.10 Å². The summed E-state index contributed by atoms with van der Waals surface area (Å²) in [5, 5.41) is 4.38. The molecule has 22 heavy (non-hydrogen) atoms. The molecule has 2 aliphatic rings. The molecule has 4 rings (SSSR count). The van der Waals surface area contributed by atoms with Crippen LogP contribution in [0, 0.1) is 5.92 Å². The molecule has 0 saturated carbocycles. The number of rotatable bonds is 3. The molecule has 6 nitrogen and oxygen atoms in total. The Bertz CT molecular complexity index is 587. The van der Waals surface area contributed by atoms with E-state index >= 15 is 0 Å². The summed E-state index contributed by atoms with van der Waals surface area (Å²) in [6.07, 6.45) is 10.2. The van der Waals surface area contributed by atoms with E-state index in [0.717, 1.165) is 52.2 Å². The Morgan fingerprint density at radius 3 is 2.86 bits per heavy atom. The summed E-state index contributed by atoms with van der Waals surface area (Å²) >= 11 is 0. The topological polar surface area (TPSA) is 48.1 Å². The van der Waals surface area contributed by atoms with Crippen LogP contribution in [0.25, 0.3) is 0 Å². The van der Waals surface area contributed by atoms with Crippen molar-refractivity contribution < 1.29 is 4.74 Å². The zero-order chi connectivity index (χ0) is 14.8. The van der Waals surface area contributed by atoms with Gasteiger partial charge in [-0.05, 0) is 18.9 Å². The van der Waals surface area contributed by atoms with Crippen molar-refractivity contribution in [2.75, 3.05) is 19.8 Å². The first-order chi connectivity index (χ1) is 10.9. The van der Waals surface area contributed by atoms with Crippen LogP contribution in [0.1, 0.15) is 18.7 Å². The van der Waals surface area contributed by atoms with Gasteiger partial charge < -0.3 is 9.30 Å². The molecule has 2 aromatic rings. The van der Waals surface area contributed by atoms with Crippen molar-refractivity contribution in [3.8, 4) is 0 Å². The second kappa shape index (κ2) is 6.22. The molecule has 2 aliphatic heterocycles. The molecule has 0 radical (unpaired) electrons. The second-order valence-electron chi connectivity index (χ2n) is 6.36. The maximum absolute atomic E-state index is 5.53. The molecule has 1 unspecified atom stereocenters. The summed E-state index contributed by atoms with van der Waals surface area (Å²) < 4.78 is 9.89. The second-order valence-corrected chi connectivity index (χ2v) is 6.36. The summed E-state index contributed by atoms with van der Waals surface area (Å²) in [5.74, 6) is 1.74. The predicted octanol–water partition coefficient (Wildman–Crippen LogP) is 1.39. The fourth-order valence-electron chi connectivity index (χ4n) is 3.69. The lowest BCUT2D eigenvalue weighted by molar-refractivity contribution is 0.0249. The van der Waals surface area contributed by atoms with E-state index < -0.39 is 0 Å². The zero-order valence-corrected chi connectivity index (χ0v) is 12.8. The monoisotopic (exact) mass is 301 g/mol. The standard InChI is InChI=1S/C16H23N5O/c1-4-18-21(6-1)12-14-10-19-7-5-17-16(19)13-20(11-14)15-2-8-22-9-3-15/h1,4-7,14-15H,2-3,8-13H2. The van der Waals surface area contributed by atoms with Crippen molar-refractivity contribution in [2.45, 2.75) is 38.5 Å². The number of hydrogen-bond donors (Lipinski definition) is 0. The van der Waals surface area contributed by atoms with Gasteiger partial charge in [0.15, 0.2) is 0 Å². The minimum absolute atomic E-state index is 0.554. The van der Waals surface area contributed by atoms with Gasteiger partial charge in [-0.1, -0.05) is 0 Å². The molecular weight excluding hydrogens is 278 g/mol. The molecule has 0 N–H and O–H groups in total. The van der Waals surface area contributed by atoms with Gasteiger partial charge in [0.2, 0.25) is 0 Å². The van der Waals surface area contributed by atoms with Gasteiger partial charge >= 0.3 is 0 Å². The lowest BCUT2D eigenvalue weighted by Gasteiger charge is -2.34. The van der Waals surface area contributed by atoms with E-state index in [9.17, 15) is 0 Å². The Morgan fingerprint density at radius 1 is 1.14 bits per heavy atom. The molecule has 0 aromatic carbocycles. The maximum Gasteiger partial charge on any atom is 0.122 e. The van der Waals surface area contributed by atoms with Crippen LogP contribution in [-0.4, -0.2) is 50.0 Å². The molecule has 2 aromatic heterocycles. The molecule has 0 spiro atoms. The summed E-state index contributed by atoms with van der Waals surface area (Å²) in [6.45, 7) is 5.82. The van der Waals surface area contributed by atoms with E-state index in [1.54, 1.807) is 0 Å². The maximum atomic E-state index is 5.53. The molecule has 0 aliphatic carbocycles. The third kappa shape index (κ3) is 2.94. The van der Waals surface area contributed by atoms with E-state index in [2.05, 4.69) is 36.6 Å². The van der Waals surface area contributed by atoms with Gasteiger partial charge in [0.05, 0.1) is 6.54 Å². The Balaban J connectivity index is 1.54. The molecule has 118 valence electrons. The van der Waals surface area contributed by atoms with Crippen LogP contribution in [0.5, 0.6) is 0 Å². The smallest absolute Gasteiger partial charge is 0.122 e. The van der Waals surface area contributed by atoms with E-state index in [0.29, 0.717) is 12.0 Å². The van der Waals surface area contributed by atoms with Crippen LogP contribution in [0.3, 0.4) is 0 Å². The highest BCUT2D eigenvalue weighted by molar-refractivity contribution is 4.97. The quantitative estimate of drug-likeness (QED) is 0.859. The van der Waals surface area contributed by atoms with Crippen LogP contribution in [0.15, 0.2) is 30.9 Å². The third-order valence-electron chi connectivity index (χ3n) is 4.81. The summed E-state index contributed by atoms with van der Waals surface area (Å²) in [6, 6.07) is 2.62. The molecule has 0 bridgehead atoms. The van der Waals surface area contributed by atoms with Crippen LogP contribution in [0.2, 0.25) is 0 Å². The van der Waals surface area contributed by atoms with Crippen LogP contribution >= 0.6 is 0 Å². The van der Waals surface area contributed by atoms with Crippen molar-refractivity contribution in [1.29, 1.82) is 0 Å². The Kier molecular flexibility index (Phi) is 3.95. The summed E-state index contributed by atoms with van der Waals surface area (Å²) in [7, 11) is 0. The van der Waals surface area contributed by atoms with Crippen LogP contribution in [0.4, 0.5) is 0 Å². The highest BCUT2D eigenvalue weighted by Gasteiger charge is 2.28. The minimum Gasteiger partial charge on any atom is -0.381 e. The van der Waals surface area contributed by atoms with E-state index in [4.69, 9.17) is 4.74 Å². The summed E-state index contributed by atoms with van der Waals surface area (Å²) in [5.41, 5.74) is 0. The molecular formula is C16H23N5O. The van der Waals surface area contributed by atoms with Gasteiger partial charge in [0.1, 0.15) is 5.82 Å². The van der Waals surface area contributed by atoms with Gasteiger partial charge in [0.25, 0.3) is 0 Å². The SMILES string of the molecule is c1cnn(CC2CN(C3CCOCC3)Cc3nccn3C2)c1. The number of imidazole rings is 1. The molecule has 0 amide bonds. The lowest BCUT2D eigenvalue weighted by Crippen LogP contribution is -2.41. The third-order valence-corrected chi connectivity index (χ3v) is 4.81. The number of hydrogen-bond acceptors (Lipinski definition) is 4. The zero-order valence-electron chi connectivity index (χ0n) is 12.8. The Hall–Kier alpha value is -1.66. The summed E-state index contributed by atoms with van der Waals surface area (Å²) in [4.78, 5) is 7.17. The number of ether oxygens (including phenoxy) is 1. The van der Waals surface area contributed by atoms with Gasteiger partial charge in [0, 0.05) is 69.6 Å². The molecule has 6 heteroatoms. The van der Waals surface area contributed by atoms with Crippen molar-refractivity contribution in [2.24, 2.45) is 5.92 Å². The fraction of sp³-hybridized carbons (Fsp3) is 0.625. The average Bonchev–Trinajstić information content (AvgIpc) is 3.17. The van der Waals surface area contributed by atoms with Crippen molar-refractivity contribution in [3.63, 3.8) is 0 Å². The largest absolute Gasteiger partial charge is 0.381 e. The molecule has 4 heterocycles. The van der Waals surface area contributed by atoms with E-state index in [-0.39, 0.29) is 0 Å². The van der Waals surface area contributed by atoms with Crippen molar-refractivity contribution >= 4 is 0 Å². The first-order valence-corrected chi connectivity index (χ1v) is 8.18. The average molecular weight is 301 g/mol. The van der Waals surface area contributed by atoms with Crippen LogP contribution in [-0.2, 0) is 24.4 Å². The van der Waals surface area contributed by atoms with Gasteiger partial charge in [-0.15, -0.1) is 0 Å². The molecule has 1 atom stereocenters. The van der Waals surface area contributed by atoms with Crippen LogP contribution < -0.4 is 0 Å². The first kappa shape index (κ1) is 14.0. The van der Waals surface area contributed by atoms with Gasteiger partial charge in [-0.25, -0.2) is 4.98 Å². The number of nitrogens with zero attached hydrogens (tertiary/aromatic N) is 5. The van der Waals surface area contributed by atoms with E-state index in [1.165, 1.54) is 5.82 Å². The number of fused-ring (bicyclic) bond motifs is 1. The number of aromatic nitrogens is 4. The lowest BCUT2D eigenvalue weighted by atomic mass is 10.0. The fourth-order valence-corrected chi connectivity index (χ4v) is 3.69. The Morgan fingerprint density at radius 2 is 2.05 bits per heavy atom. The van der Waals surface area contributed by atoms with Crippen molar-refractivity contribution in [1.82, 2.24) is 24.2 Å². The highest BCUT2D eigenvalue weighted by atomic mass is 16.5. The predicted molar refractivity (Wildman–Crippen MR) is 82.2 cm³/mol. The van der Waals surface area contributed by atoms with E-state index in [1.807, 2.05) is 18.5 Å². The Labute approximate surface area is 130 Å².